The summed E-state index contributed by atoms with van der Waals surface area (Å²) in [5.74, 6) is 11.0. The predicted molar refractivity (Wildman–Crippen MR) is 63.7 cm³/mol. The van der Waals surface area contributed by atoms with Gasteiger partial charge in [0, 0.05) is 29.4 Å². The van der Waals surface area contributed by atoms with Gasteiger partial charge in [0.2, 0.25) is 11.8 Å². The molecule has 0 aliphatic rings. The van der Waals surface area contributed by atoms with Crippen LogP contribution in [0.1, 0.15) is 12.8 Å². The van der Waals surface area contributed by atoms with E-state index in [-0.39, 0.29) is 11.8 Å². The summed E-state index contributed by atoms with van der Waals surface area (Å²) < 4.78 is 0. The Morgan fingerprint density at radius 2 is 1.33 bits per heavy atom. The summed E-state index contributed by atoms with van der Waals surface area (Å²) in [5, 5.41) is 0.857. The molecule has 6 nitrogen and oxygen atoms in total. The van der Waals surface area contributed by atoms with Gasteiger partial charge in [-0.05, 0) is 0 Å². The van der Waals surface area contributed by atoms with Crippen molar-refractivity contribution < 1.29 is 9.59 Å². The average Bonchev–Trinajstić information content (AvgIpc) is 2.26. The Morgan fingerprint density at radius 1 is 0.933 bits per heavy atom. The van der Waals surface area contributed by atoms with Gasteiger partial charge in [-0.25, -0.2) is 11.7 Å². The van der Waals surface area contributed by atoms with Gasteiger partial charge in [-0.2, -0.15) is 23.5 Å². The van der Waals surface area contributed by atoms with Crippen LogP contribution in [0.3, 0.4) is 0 Å². The Labute approximate surface area is 97.2 Å². The van der Waals surface area contributed by atoms with E-state index in [1.807, 2.05) is 0 Å². The lowest BCUT2D eigenvalue weighted by Crippen LogP contribution is -2.30. The average molecular weight is 252 g/mol. The van der Waals surface area contributed by atoms with Crippen LogP contribution < -0.4 is 22.5 Å². The molecule has 0 radical (unpaired) electrons. The molecule has 0 rings (SSSR count). The van der Waals surface area contributed by atoms with Crippen molar-refractivity contribution in [3.63, 3.8) is 0 Å². The van der Waals surface area contributed by atoms with Crippen LogP contribution >= 0.6 is 23.5 Å². The Hall–Kier alpha value is -0.440. The fourth-order valence-corrected chi connectivity index (χ4v) is 2.72. The molecule has 15 heavy (non-hydrogen) atoms. The van der Waals surface area contributed by atoms with Crippen LogP contribution in [0.4, 0.5) is 0 Å². The number of nitrogens with two attached hydrogens (primary N) is 2. The van der Waals surface area contributed by atoms with Gasteiger partial charge in [-0.1, -0.05) is 0 Å². The second-order valence-electron chi connectivity index (χ2n) is 2.57. The highest BCUT2D eigenvalue weighted by molar-refractivity contribution is 8.15. The minimum Gasteiger partial charge on any atom is -0.294 e. The molecule has 0 aromatic heterocycles. The summed E-state index contributed by atoms with van der Waals surface area (Å²) in [6.07, 6.45) is 0.843. The summed E-state index contributed by atoms with van der Waals surface area (Å²) in [6, 6.07) is 0. The Morgan fingerprint density at radius 3 is 1.67 bits per heavy atom. The minimum absolute atomic E-state index is 0.157. The van der Waals surface area contributed by atoms with Gasteiger partial charge in [0.05, 0.1) is 0 Å². The first-order valence-corrected chi connectivity index (χ1v) is 6.66. The summed E-state index contributed by atoms with van der Waals surface area (Å²) in [7, 11) is 0. The lowest BCUT2D eigenvalue weighted by Gasteiger charge is -2.01. The molecule has 0 aromatic carbocycles. The van der Waals surface area contributed by atoms with Crippen LogP contribution in [0.2, 0.25) is 0 Å². The van der Waals surface area contributed by atoms with Crippen LogP contribution in [-0.2, 0) is 9.59 Å². The van der Waals surface area contributed by atoms with Crippen LogP contribution in [0.15, 0.2) is 0 Å². The molecular formula is C7H16N4O2S2. The smallest absolute Gasteiger partial charge is 0.234 e. The van der Waals surface area contributed by atoms with E-state index in [1.54, 1.807) is 23.5 Å². The van der Waals surface area contributed by atoms with Crippen molar-refractivity contribution in [1.82, 2.24) is 10.9 Å². The number of amides is 2. The molecule has 0 unspecified atom stereocenters. The monoisotopic (exact) mass is 252 g/mol. The third kappa shape index (κ3) is 9.85. The lowest BCUT2D eigenvalue weighted by molar-refractivity contribution is -0.121. The fourth-order valence-electron chi connectivity index (χ4n) is 0.651. The Balaban J connectivity index is 3.11. The molecule has 0 saturated heterocycles. The van der Waals surface area contributed by atoms with E-state index in [1.165, 1.54) is 0 Å². The van der Waals surface area contributed by atoms with Gasteiger partial charge in [-0.3, -0.25) is 20.4 Å². The van der Waals surface area contributed by atoms with Crippen molar-refractivity contribution in [2.75, 3.05) is 16.6 Å². The second kappa shape index (κ2) is 10.1. The number of hydrogen-bond donors (Lipinski definition) is 4. The first-order chi connectivity index (χ1) is 7.20. The molecule has 0 aliphatic carbocycles. The highest BCUT2D eigenvalue weighted by atomic mass is 32.2. The zero-order valence-electron chi connectivity index (χ0n) is 8.32. The van der Waals surface area contributed by atoms with Gasteiger partial charge < -0.3 is 0 Å². The van der Waals surface area contributed by atoms with Gasteiger partial charge in [-0.15, -0.1) is 0 Å². The number of carbonyl (C=O) groups excluding carboxylic acids is 2. The molecule has 2 amide bonds. The highest BCUT2D eigenvalue weighted by Crippen LogP contribution is 2.13. The highest BCUT2D eigenvalue weighted by Gasteiger charge is 1.99. The Bertz CT molecular complexity index is 183. The van der Waals surface area contributed by atoms with E-state index in [9.17, 15) is 9.59 Å². The maximum atomic E-state index is 10.7. The molecule has 0 fully saturated rings. The van der Waals surface area contributed by atoms with Crippen LogP contribution in [0.5, 0.6) is 0 Å². The predicted octanol–water partition coefficient (Wildman–Crippen LogP) is -0.830. The Kier molecular flexibility index (Phi) is 9.79. The quantitative estimate of drug-likeness (QED) is 0.148. The number of nitrogens with one attached hydrogen (secondary N) is 2. The van der Waals surface area contributed by atoms with Gasteiger partial charge in [0.15, 0.2) is 0 Å². The molecule has 0 heterocycles. The molecular weight excluding hydrogens is 236 g/mol. The third-order valence-electron chi connectivity index (χ3n) is 1.44. The van der Waals surface area contributed by atoms with E-state index in [0.717, 1.165) is 16.6 Å². The molecule has 0 aromatic rings. The van der Waals surface area contributed by atoms with Crippen molar-refractivity contribution in [1.29, 1.82) is 0 Å². The van der Waals surface area contributed by atoms with E-state index in [2.05, 4.69) is 10.9 Å². The minimum atomic E-state index is -0.157. The number of rotatable bonds is 8. The molecule has 88 valence electrons. The van der Waals surface area contributed by atoms with E-state index in [0.29, 0.717) is 12.8 Å². The largest absolute Gasteiger partial charge is 0.294 e. The molecule has 0 saturated carbocycles. The zero-order chi connectivity index (χ0) is 11.5. The number of hydrazine groups is 2. The lowest BCUT2D eigenvalue weighted by atomic mass is 10.5. The van der Waals surface area contributed by atoms with Crippen LogP contribution in [-0.4, -0.2) is 28.4 Å². The fraction of sp³-hybridized carbons (Fsp3) is 0.714. The summed E-state index contributed by atoms with van der Waals surface area (Å²) in [4.78, 5) is 21.4. The van der Waals surface area contributed by atoms with Gasteiger partial charge in [0.1, 0.15) is 0 Å². The van der Waals surface area contributed by atoms with Crippen LogP contribution in [0, 0.1) is 0 Å². The molecule has 0 bridgehead atoms. The van der Waals surface area contributed by atoms with Crippen molar-refractivity contribution >= 4 is 35.3 Å². The van der Waals surface area contributed by atoms with Gasteiger partial charge >= 0.3 is 0 Å². The van der Waals surface area contributed by atoms with E-state index in [4.69, 9.17) is 11.7 Å². The first kappa shape index (κ1) is 14.6. The zero-order valence-corrected chi connectivity index (χ0v) is 9.96. The number of thioether (sulfide) groups is 2. The van der Waals surface area contributed by atoms with Crippen LogP contribution in [0.25, 0.3) is 0 Å². The third-order valence-corrected chi connectivity index (χ3v) is 3.75. The second-order valence-corrected chi connectivity index (χ2v) is 5.15. The van der Waals surface area contributed by atoms with Gasteiger partial charge in [0.25, 0.3) is 0 Å². The molecule has 0 atom stereocenters. The molecule has 0 spiro atoms. The van der Waals surface area contributed by atoms with Crippen molar-refractivity contribution in [2.24, 2.45) is 11.7 Å². The molecule has 0 aliphatic heterocycles. The van der Waals surface area contributed by atoms with Crippen molar-refractivity contribution in [3.8, 4) is 0 Å². The van der Waals surface area contributed by atoms with E-state index < -0.39 is 0 Å². The topological polar surface area (TPSA) is 110 Å². The molecule has 6 N–H and O–H groups in total. The van der Waals surface area contributed by atoms with Crippen molar-refractivity contribution in [3.05, 3.63) is 0 Å². The summed E-state index contributed by atoms with van der Waals surface area (Å²) in [6.45, 7) is 0. The van der Waals surface area contributed by atoms with E-state index >= 15 is 0 Å². The SMILES string of the molecule is NNC(=O)CCSCSCCC(=O)NN. The maximum absolute atomic E-state index is 10.7. The maximum Gasteiger partial charge on any atom is 0.234 e. The summed E-state index contributed by atoms with van der Waals surface area (Å²) >= 11 is 3.28. The number of hydrogen-bond acceptors (Lipinski definition) is 6. The molecule has 8 heteroatoms. The first-order valence-electron chi connectivity index (χ1n) is 4.35. The van der Waals surface area contributed by atoms with Crippen molar-refractivity contribution in [2.45, 2.75) is 12.8 Å². The normalized spacial score (nSPS) is 9.73. The summed E-state index contributed by atoms with van der Waals surface area (Å²) in [5.41, 5.74) is 4.13. The standard InChI is InChI=1S/C7H16N4O2S2/c8-10-6(12)1-3-14-5-15-4-2-7(13)11-9/h1-5,8-9H2,(H,10,12)(H,11,13). The number of carbonyl (C=O) groups is 2.